The van der Waals surface area contributed by atoms with E-state index in [-0.39, 0.29) is 6.15 Å². The van der Waals surface area contributed by atoms with Gasteiger partial charge in [0.25, 0.3) is 0 Å². The summed E-state index contributed by atoms with van der Waals surface area (Å²) in [7, 11) is 0. The molecule has 5 N–H and O–H groups in total. The van der Waals surface area contributed by atoms with Gasteiger partial charge in [0, 0.05) is 6.20 Å². The Balaban J connectivity index is 0.000000810. The monoisotopic (exact) mass is 139 g/mol. The molecule has 3 heteroatoms. The molecule has 1 heterocycles. The van der Waals surface area contributed by atoms with Crippen molar-refractivity contribution in [2.24, 2.45) is 0 Å². The number of pyridine rings is 1. The number of aryl methyl sites for hydroxylation is 1. The first-order valence-electron chi connectivity index (χ1n) is 3.03. The van der Waals surface area contributed by atoms with E-state index in [1.54, 1.807) is 12.4 Å². The van der Waals surface area contributed by atoms with Crippen molar-refractivity contribution in [2.75, 3.05) is 5.73 Å². The second-order valence-corrected chi connectivity index (χ2v) is 1.93. The van der Waals surface area contributed by atoms with Crippen molar-refractivity contribution in [3.8, 4) is 0 Å². The van der Waals surface area contributed by atoms with Crippen molar-refractivity contribution in [3.05, 3.63) is 24.0 Å². The molecule has 0 bridgehead atoms. The van der Waals surface area contributed by atoms with Crippen LogP contribution in [0.25, 0.3) is 0 Å². The second kappa shape index (κ2) is 3.85. The molecule has 1 rings (SSSR count). The van der Waals surface area contributed by atoms with Gasteiger partial charge in [0.2, 0.25) is 0 Å². The largest absolute Gasteiger partial charge is 0.397 e. The first-order valence-corrected chi connectivity index (χ1v) is 3.03. The average Bonchev–Trinajstić information content (AvgIpc) is 1.89. The fourth-order valence-electron chi connectivity index (χ4n) is 0.757. The maximum absolute atomic E-state index is 5.57. The van der Waals surface area contributed by atoms with Crippen LogP contribution in [0.4, 0.5) is 5.69 Å². The highest BCUT2D eigenvalue weighted by Crippen LogP contribution is 2.07. The third-order valence-corrected chi connectivity index (χ3v) is 1.33. The molecule has 0 unspecified atom stereocenters. The Labute approximate surface area is 60.9 Å². The average molecular weight is 139 g/mol. The Hall–Kier alpha value is -1.09. The van der Waals surface area contributed by atoms with Crippen LogP contribution < -0.4 is 11.9 Å². The lowest BCUT2D eigenvalue weighted by molar-refractivity contribution is 1.12. The van der Waals surface area contributed by atoms with Crippen LogP contribution in [-0.2, 0) is 6.42 Å². The zero-order chi connectivity index (χ0) is 6.69. The second-order valence-electron chi connectivity index (χ2n) is 1.93. The topological polar surface area (TPSA) is 73.9 Å². The van der Waals surface area contributed by atoms with Crippen LogP contribution in [0.3, 0.4) is 0 Å². The summed E-state index contributed by atoms with van der Waals surface area (Å²) in [6.45, 7) is 2.08. The number of rotatable bonds is 1. The predicted octanol–water partition coefficient (Wildman–Crippen LogP) is 1.39. The minimum Gasteiger partial charge on any atom is -0.397 e. The van der Waals surface area contributed by atoms with Crippen molar-refractivity contribution in [2.45, 2.75) is 13.3 Å². The van der Waals surface area contributed by atoms with Crippen LogP contribution in [0.2, 0.25) is 0 Å². The molecule has 0 amide bonds. The number of aromatic nitrogens is 1. The van der Waals surface area contributed by atoms with Crippen molar-refractivity contribution in [1.29, 1.82) is 0 Å². The van der Waals surface area contributed by atoms with Crippen LogP contribution in [-0.4, -0.2) is 4.98 Å². The van der Waals surface area contributed by atoms with E-state index < -0.39 is 0 Å². The molecule has 0 radical (unpaired) electrons. The van der Waals surface area contributed by atoms with Gasteiger partial charge in [0.15, 0.2) is 0 Å². The third-order valence-electron chi connectivity index (χ3n) is 1.33. The molecule has 0 fully saturated rings. The number of hydrogen-bond acceptors (Lipinski definition) is 3. The zero-order valence-corrected chi connectivity index (χ0v) is 6.17. The Kier molecular flexibility index (Phi) is 3.43. The summed E-state index contributed by atoms with van der Waals surface area (Å²) < 4.78 is 0. The lowest BCUT2D eigenvalue weighted by Crippen LogP contribution is -1.92. The number of hydrogen-bond donors (Lipinski definition) is 2. The molecule has 0 spiro atoms. The molecule has 0 saturated carbocycles. The summed E-state index contributed by atoms with van der Waals surface area (Å²) in [6, 6.07) is 1.94. The molecule has 56 valence electrons. The summed E-state index contributed by atoms with van der Waals surface area (Å²) in [4.78, 5) is 3.87. The van der Waals surface area contributed by atoms with Crippen molar-refractivity contribution < 1.29 is 0 Å². The van der Waals surface area contributed by atoms with Gasteiger partial charge in [-0.15, -0.1) is 0 Å². The number of nitrogens with zero attached hydrogens (tertiary/aromatic N) is 1. The van der Waals surface area contributed by atoms with E-state index in [1.807, 2.05) is 6.07 Å². The molecule has 0 aliphatic rings. The highest BCUT2D eigenvalue weighted by molar-refractivity contribution is 5.43. The maximum Gasteiger partial charge on any atom is 0.0533 e. The predicted molar refractivity (Wildman–Crippen MR) is 43.0 cm³/mol. The Morgan fingerprint density at radius 1 is 1.60 bits per heavy atom. The van der Waals surface area contributed by atoms with Crippen LogP contribution in [0, 0.1) is 0 Å². The number of anilines is 1. The van der Waals surface area contributed by atoms with Crippen molar-refractivity contribution in [3.63, 3.8) is 0 Å². The summed E-state index contributed by atoms with van der Waals surface area (Å²) in [6.07, 6.45) is 4.42. The van der Waals surface area contributed by atoms with Gasteiger partial charge in [-0.25, -0.2) is 0 Å². The Morgan fingerprint density at radius 2 is 2.30 bits per heavy atom. The molecule has 0 aliphatic heterocycles. The van der Waals surface area contributed by atoms with E-state index in [9.17, 15) is 0 Å². The highest BCUT2D eigenvalue weighted by atomic mass is 14.7. The molecular formula is C7H13N3. The highest BCUT2D eigenvalue weighted by Gasteiger charge is 1.91. The van der Waals surface area contributed by atoms with Gasteiger partial charge < -0.3 is 11.9 Å². The van der Waals surface area contributed by atoms with Gasteiger partial charge >= 0.3 is 0 Å². The smallest absolute Gasteiger partial charge is 0.0533 e. The van der Waals surface area contributed by atoms with Gasteiger partial charge in [0.1, 0.15) is 0 Å². The normalized spacial score (nSPS) is 8.50. The molecule has 1 aromatic heterocycles. The first kappa shape index (κ1) is 8.91. The standard InChI is InChI=1S/C7H10N2.H3N/c1-2-6-3-4-9-5-7(6)8;/h3-5H,2,8H2,1H3;1H3. The SMILES string of the molecule is CCc1ccncc1N.N. The van der Waals surface area contributed by atoms with Gasteiger partial charge in [0.05, 0.1) is 11.9 Å². The molecule has 0 aromatic carbocycles. The fraction of sp³-hybridized carbons (Fsp3) is 0.286. The summed E-state index contributed by atoms with van der Waals surface area (Å²) in [5, 5.41) is 0. The molecule has 3 nitrogen and oxygen atoms in total. The first-order chi connectivity index (χ1) is 4.34. The zero-order valence-electron chi connectivity index (χ0n) is 6.17. The molecular weight excluding hydrogens is 126 g/mol. The van der Waals surface area contributed by atoms with E-state index in [1.165, 1.54) is 5.56 Å². The van der Waals surface area contributed by atoms with E-state index >= 15 is 0 Å². The molecule has 0 saturated heterocycles. The molecule has 0 aliphatic carbocycles. The fourth-order valence-corrected chi connectivity index (χ4v) is 0.757. The van der Waals surface area contributed by atoms with Crippen molar-refractivity contribution >= 4 is 5.69 Å². The minimum absolute atomic E-state index is 0. The lowest BCUT2D eigenvalue weighted by atomic mass is 10.2. The summed E-state index contributed by atoms with van der Waals surface area (Å²) >= 11 is 0. The summed E-state index contributed by atoms with van der Waals surface area (Å²) in [5.41, 5.74) is 7.53. The van der Waals surface area contributed by atoms with E-state index in [4.69, 9.17) is 5.73 Å². The quantitative estimate of drug-likeness (QED) is 0.617. The van der Waals surface area contributed by atoms with E-state index in [0.29, 0.717) is 0 Å². The maximum atomic E-state index is 5.57. The van der Waals surface area contributed by atoms with Crippen LogP contribution in [0.15, 0.2) is 18.5 Å². The van der Waals surface area contributed by atoms with E-state index in [2.05, 4.69) is 11.9 Å². The van der Waals surface area contributed by atoms with Crippen LogP contribution in [0.5, 0.6) is 0 Å². The number of nitrogen functional groups attached to an aromatic ring is 1. The summed E-state index contributed by atoms with van der Waals surface area (Å²) in [5.74, 6) is 0. The molecule has 1 aromatic rings. The minimum atomic E-state index is 0. The van der Waals surface area contributed by atoms with Crippen LogP contribution >= 0.6 is 0 Å². The number of nitrogens with two attached hydrogens (primary N) is 1. The Bertz CT molecular complexity index is 198. The van der Waals surface area contributed by atoms with Gasteiger partial charge in [-0.05, 0) is 18.1 Å². The lowest BCUT2D eigenvalue weighted by Gasteiger charge is -1.97. The van der Waals surface area contributed by atoms with Crippen LogP contribution in [0.1, 0.15) is 12.5 Å². The van der Waals surface area contributed by atoms with Gasteiger partial charge in [-0.3, -0.25) is 4.98 Å². The Morgan fingerprint density at radius 3 is 2.70 bits per heavy atom. The van der Waals surface area contributed by atoms with Gasteiger partial charge in [-0.1, -0.05) is 6.92 Å². The third kappa shape index (κ3) is 1.70. The van der Waals surface area contributed by atoms with E-state index in [0.717, 1.165) is 12.1 Å². The van der Waals surface area contributed by atoms with Crippen molar-refractivity contribution in [1.82, 2.24) is 11.1 Å². The van der Waals surface area contributed by atoms with Gasteiger partial charge in [-0.2, -0.15) is 0 Å². The molecule has 10 heavy (non-hydrogen) atoms. The molecule has 0 atom stereocenters.